The zero-order valence-corrected chi connectivity index (χ0v) is 15.6. The van der Waals surface area contributed by atoms with E-state index in [1.165, 1.54) is 13.3 Å². The van der Waals surface area contributed by atoms with E-state index < -0.39 is 0 Å². The van der Waals surface area contributed by atoms with Crippen molar-refractivity contribution in [2.75, 3.05) is 17.7 Å². The molecule has 7 nitrogen and oxygen atoms in total. The van der Waals surface area contributed by atoms with E-state index in [2.05, 4.69) is 25.6 Å². The van der Waals surface area contributed by atoms with Gasteiger partial charge in [-0.25, -0.2) is 9.97 Å². The molecule has 0 radical (unpaired) electrons. The van der Waals surface area contributed by atoms with E-state index in [9.17, 15) is 4.79 Å². The van der Waals surface area contributed by atoms with Crippen LogP contribution in [-0.2, 0) is 6.54 Å². The van der Waals surface area contributed by atoms with Crippen LogP contribution < -0.4 is 15.4 Å². The lowest BCUT2D eigenvalue weighted by Crippen LogP contribution is -2.16. The molecule has 1 aromatic carbocycles. The minimum absolute atomic E-state index is 0.233. The average molecular weight is 384 g/mol. The van der Waals surface area contributed by atoms with Crippen molar-refractivity contribution in [3.63, 3.8) is 0 Å². The lowest BCUT2D eigenvalue weighted by atomic mass is 10.2. The fourth-order valence-corrected chi connectivity index (χ4v) is 2.52. The van der Waals surface area contributed by atoms with Gasteiger partial charge in [-0.3, -0.25) is 9.78 Å². The molecule has 138 valence electrons. The van der Waals surface area contributed by atoms with Gasteiger partial charge in [0.2, 0.25) is 5.95 Å². The zero-order valence-electron chi connectivity index (χ0n) is 14.9. The smallest absolute Gasteiger partial charge is 0.274 e. The first-order chi connectivity index (χ1) is 13.1. The van der Waals surface area contributed by atoms with E-state index in [1.54, 1.807) is 30.6 Å². The van der Waals surface area contributed by atoms with Gasteiger partial charge >= 0.3 is 0 Å². The summed E-state index contributed by atoms with van der Waals surface area (Å²) in [5.74, 6) is 0.465. The Morgan fingerprint density at radius 2 is 1.96 bits per heavy atom. The molecule has 1 amide bonds. The molecule has 0 aliphatic carbocycles. The van der Waals surface area contributed by atoms with E-state index in [-0.39, 0.29) is 11.6 Å². The fourth-order valence-electron chi connectivity index (χ4n) is 2.37. The quantitative estimate of drug-likeness (QED) is 0.674. The van der Waals surface area contributed by atoms with E-state index in [0.717, 1.165) is 11.1 Å². The number of hydrogen-bond acceptors (Lipinski definition) is 6. The second-order valence-corrected chi connectivity index (χ2v) is 6.14. The summed E-state index contributed by atoms with van der Waals surface area (Å²) in [6.45, 7) is 2.38. The van der Waals surface area contributed by atoms with Crippen LogP contribution in [0.4, 0.5) is 11.6 Å². The summed E-state index contributed by atoms with van der Waals surface area (Å²) in [5.41, 5.74) is 2.62. The second kappa shape index (κ2) is 8.46. The number of benzene rings is 1. The van der Waals surface area contributed by atoms with Gasteiger partial charge < -0.3 is 15.4 Å². The van der Waals surface area contributed by atoms with Crippen LogP contribution in [0.25, 0.3) is 0 Å². The SMILES string of the molecule is COc1cc(Cl)c(C)cc1NC(=O)c1ccnc(NCc2ccncc2)n1. The van der Waals surface area contributed by atoms with Crippen LogP contribution in [0.1, 0.15) is 21.6 Å². The van der Waals surface area contributed by atoms with Crippen LogP contribution in [0.2, 0.25) is 5.02 Å². The maximum atomic E-state index is 12.6. The lowest BCUT2D eigenvalue weighted by molar-refractivity contribution is 0.102. The summed E-state index contributed by atoms with van der Waals surface area (Å²) in [6, 6.07) is 8.73. The minimum atomic E-state index is -0.371. The van der Waals surface area contributed by atoms with Crippen molar-refractivity contribution in [3.8, 4) is 5.75 Å². The van der Waals surface area contributed by atoms with E-state index >= 15 is 0 Å². The monoisotopic (exact) mass is 383 g/mol. The predicted octanol–water partition coefficient (Wildman–Crippen LogP) is 3.71. The van der Waals surface area contributed by atoms with Crippen molar-refractivity contribution in [3.05, 3.63) is 70.8 Å². The number of aromatic nitrogens is 3. The number of ether oxygens (including phenoxy) is 1. The van der Waals surface area contributed by atoms with Gasteiger partial charge in [0.25, 0.3) is 5.91 Å². The molecule has 8 heteroatoms. The number of hydrogen-bond donors (Lipinski definition) is 2. The molecule has 2 heterocycles. The number of anilines is 2. The number of carbonyl (C=O) groups excluding carboxylic acids is 1. The molecular weight excluding hydrogens is 366 g/mol. The van der Waals surface area contributed by atoms with Gasteiger partial charge in [-0.2, -0.15) is 0 Å². The maximum Gasteiger partial charge on any atom is 0.274 e. The van der Waals surface area contributed by atoms with Gasteiger partial charge in [0.1, 0.15) is 11.4 Å². The second-order valence-electron chi connectivity index (χ2n) is 5.73. The number of nitrogens with one attached hydrogen (secondary N) is 2. The molecule has 0 saturated carbocycles. The molecule has 2 N–H and O–H groups in total. The Hall–Kier alpha value is -3.19. The van der Waals surface area contributed by atoms with Gasteiger partial charge in [0, 0.05) is 36.2 Å². The van der Waals surface area contributed by atoms with Gasteiger partial charge in [-0.15, -0.1) is 0 Å². The molecule has 2 aromatic heterocycles. The maximum absolute atomic E-state index is 12.6. The number of pyridine rings is 1. The summed E-state index contributed by atoms with van der Waals surface area (Å²) in [5, 5.41) is 6.45. The first kappa shape index (κ1) is 18.6. The number of nitrogens with zero attached hydrogens (tertiary/aromatic N) is 3. The molecule has 3 aromatic rings. The van der Waals surface area contributed by atoms with Crippen LogP contribution in [-0.4, -0.2) is 28.0 Å². The van der Waals surface area contributed by atoms with E-state index in [1.807, 2.05) is 19.1 Å². The molecule has 0 spiro atoms. The highest BCUT2D eigenvalue weighted by atomic mass is 35.5. The Morgan fingerprint density at radius 1 is 1.19 bits per heavy atom. The molecule has 0 fully saturated rings. The Balaban J connectivity index is 1.73. The van der Waals surface area contributed by atoms with Crippen molar-refractivity contribution >= 4 is 29.1 Å². The molecule has 27 heavy (non-hydrogen) atoms. The van der Waals surface area contributed by atoms with Gasteiger partial charge in [-0.05, 0) is 42.3 Å². The van der Waals surface area contributed by atoms with Crippen LogP contribution in [0.15, 0.2) is 48.9 Å². The molecular formula is C19H18ClN5O2. The van der Waals surface area contributed by atoms with Crippen LogP contribution in [0.5, 0.6) is 5.75 Å². The third-order valence-corrected chi connectivity index (χ3v) is 4.22. The summed E-state index contributed by atoms with van der Waals surface area (Å²) < 4.78 is 5.28. The molecule has 0 atom stereocenters. The van der Waals surface area contributed by atoms with Gasteiger partial charge in [0.05, 0.1) is 12.8 Å². The predicted molar refractivity (Wildman–Crippen MR) is 104 cm³/mol. The third kappa shape index (κ3) is 4.71. The Morgan fingerprint density at radius 3 is 2.70 bits per heavy atom. The number of methoxy groups -OCH3 is 1. The fraction of sp³-hybridized carbons (Fsp3) is 0.158. The van der Waals surface area contributed by atoms with Crippen molar-refractivity contribution in [1.29, 1.82) is 0 Å². The topological polar surface area (TPSA) is 89.0 Å². The molecule has 0 aliphatic heterocycles. The summed E-state index contributed by atoms with van der Waals surface area (Å²) in [4.78, 5) is 25.0. The first-order valence-electron chi connectivity index (χ1n) is 8.18. The average Bonchev–Trinajstić information content (AvgIpc) is 2.70. The van der Waals surface area contributed by atoms with E-state index in [0.29, 0.717) is 29.0 Å². The number of rotatable bonds is 6. The normalized spacial score (nSPS) is 10.3. The largest absolute Gasteiger partial charge is 0.495 e. The molecule has 0 bridgehead atoms. The first-order valence-corrected chi connectivity index (χ1v) is 8.56. The highest BCUT2D eigenvalue weighted by Gasteiger charge is 2.14. The number of halogens is 1. The Kier molecular flexibility index (Phi) is 5.83. The van der Waals surface area contributed by atoms with Crippen molar-refractivity contribution in [1.82, 2.24) is 15.0 Å². The highest BCUT2D eigenvalue weighted by Crippen LogP contribution is 2.31. The van der Waals surface area contributed by atoms with Crippen LogP contribution in [0, 0.1) is 6.92 Å². The number of aryl methyl sites for hydroxylation is 1. The Labute approximate surface area is 161 Å². The Bertz CT molecular complexity index is 950. The molecule has 0 unspecified atom stereocenters. The van der Waals surface area contributed by atoms with Gasteiger partial charge in [0.15, 0.2) is 0 Å². The highest BCUT2D eigenvalue weighted by molar-refractivity contribution is 6.31. The molecule has 0 aliphatic rings. The zero-order chi connectivity index (χ0) is 19.2. The van der Waals surface area contributed by atoms with Crippen molar-refractivity contribution < 1.29 is 9.53 Å². The lowest BCUT2D eigenvalue weighted by Gasteiger charge is -2.12. The number of carbonyl (C=O) groups is 1. The van der Waals surface area contributed by atoms with Crippen LogP contribution in [0.3, 0.4) is 0 Å². The minimum Gasteiger partial charge on any atom is -0.495 e. The van der Waals surface area contributed by atoms with Gasteiger partial charge in [-0.1, -0.05) is 11.6 Å². The van der Waals surface area contributed by atoms with Crippen LogP contribution >= 0.6 is 11.6 Å². The third-order valence-electron chi connectivity index (χ3n) is 3.82. The van der Waals surface area contributed by atoms with Crippen molar-refractivity contribution in [2.24, 2.45) is 0 Å². The van der Waals surface area contributed by atoms with Crippen molar-refractivity contribution in [2.45, 2.75) is 13.5 Å². The summed E-state index contributed by atoms with van der Waals surface area (Å²) in [7, 11) is 1.52. The summed E-state index contributed by atoms with van der Waals surface area (Å²) >= 11 is 6.10. The molecule has 3 rings (SSSR count). The molecule has 0 saturated heterocycles. The standard InChI is InChI=1S/C19H18ClN5O2/c1-12-9-16(17(27-2)10-14(12)20)24-18(26)15-5-8-22-19(25-15)23-11-13-3-6-21-7-4-13/h3-10H,11H2,1-2H3,(H,24,26)(H,22,23,25). The summed E-state index contributed by atoms with van der Waals surface area (Å²) in [6.07, 6.45) is 4.95. The number of amides is 1. The van der Waals surface area contributed by atoms with E-state index in [4.69, 9.17) is 16.3 Å².